The summed E-state index contributed by atoms with van der Waals surface area (Å²) in [4.78, 5) is 11.5. The number of hydrogen-bond acceptors (Lipinski definition) is 3. The van der Waals surface area contributed by atoms with Gasteiger partial charge in [0.05, 0.1) is 11.8 Å². The van der Waals surface area contributed by atoms with Gasteiger partial charge in [0.25, 0.3) is 0 Å². The molecule has 3 nitrogen and oxygen atoms in total. The zero-order valence-corrected chi connectivity index (χ0v) is 8.07. The lowest BCUT2D eigenvalue weighted by atomic mass is 9.85. The Morgan fingerprint density at radius 2 is 2.15 bits per heavy atom. The Kier molecular flexibility index (Phi) is 2.57. The van der Waals surface area contributed by atoms with Crippen LogP contribution in [0.2, 0.25) is 0 Å². The van der Waals surface area contributed by atoms with E-state index in [0.29, 0.717) is 5.56 Å². The molecule has 0 saturated carbocycles. The zero-order valence-electron chi connectivity index (χ0n) is 8.07. The van der Waals surface area contributed by atoms with Crippen molar-refractivity contribution in [2.24, 2.45) is 5.41 Å². The van der Waals surface area contributed by atoms with Gasteiger partial charge in [-0.2, -0.15) is 0 Å². The number of carbonyl (C=O) groups is 1. The van der Waals surface area contributed by atoms with Gasteiger partial charge in [-0.1, -0.05) is 20.8 Å². The molecule has 1 N–H and O–H groups in total. The van der Waals surface area contributed by atoms with Gasteiger partial charge in [0.1, 0.15) is 12.4 Å². The first kappa shape index (κ1) is 9.99. The molecule has 0 radical (unpaired) electrons. The van der Waals surface area contributed by atoms with Crippen molar-refractivity contribution in [3.05, 3.63) is 24.2 Å². The van der Waals surface area contributed by atoms with E-state index in [2.05, 4.69) is 0 Å². The second-order valence-corrected chi connectivity index (χ2v) is 4.14. The minimum atomic E-state index is -0.981. The Morgan fingerprint density at radius 3 is 2.54 bits per heavy atom. The maximum atomic E-state index is 11.5. The van der Waals surface area contributed by atoms with E-state index in [1.807, 2.05) is 20.8 Å². The lowest BCUT2D eigenvalue weighted by molar-refractivity contribution is 0.0442. The van der Waals surface area contributed by atoms with Crippen LogP contribution >= 0.6 is 0 Å². The highest BCUT2D eigenvalue weighted by molar-refractivity contribution is 5.99. The van der Waals surface area contributed by atoms with Crippen molar-refractivity contribution >= 4 is 5.78 Å². The molecule has 1 aromatic heterocycles. The first-order valence-corrected chi connectivity index (χ1v) is 4.17. The molecule has 0 aliphatic carbocycles. The lowest BCUT2D eigenvalue weighted by Crippen LogP contribution is -2.33. The first-order valence-electron chi connectivity index (χ1n) is 4.17. The molecule has 72 valence electrons. The van der Waals surface area contributed by atoms with E-state index in [1.54, 1.807) is 6.07 Å². The summed E-state index contributed by atoms with van der Waals surface area (Å²) < 4.78 is 4.77. The summed E-state index contributed by atoms with van der Waals surface area (Å²) in [6, 6.07) is 1.55. The normalized spacial score (nSPS) is 14.2. The van der Waals surface area contributed by atoms with Crippen LogP contribution in [0.3, 0.4) is 0 Å². The van der Waals surface area contributed by atoms with E-state index >= 15 is 0 Å². The van der Waals surface area contributed by atoms with Crippen molar-refractivity contribution < 1.29 is 14.3 Å². The smallest absolute Gasteiger partial charge is 0.195 e. The maximum Gasteiger partial charge on any atom is 0.195 e. The van der Waals surface area contributed by atoms with Crippen molar-refractivity contribution in [1.82, 2.24) is 0 Å². The van der Waals surface area contributed by atoms with Crippen LogP contribution in [0.15, 0.2) is 23.0 Å². The van der Waals surface area contributed by atoms with Crippen molar-refractivity contribution in [3.8, 4) is 0 Å². The average molecular weight is 182 g/mol. The van der Waals surface area contributed by atoms with Gasteiger partial charge in [0, 0.05) is 0 Å². The van der Waals surface area contributed by atoms with Crippen LogP contribution in [0.5, 0.6) is 0 Å². The number of furan rings is 1. The van der Waals surface area contributed by atoms with Crippen molar-refractivity contribution in [1.29, 1.82) is 0 Å². The average Bonchev–Trinajstić information content (AvgIpc) is 2.51. The van der Waals surface area contributed by atoms with Crippen molar-refractivity contribution in [2.45, 2.75) is 26.9 Å². The second kappa shape index (κ2) is 3.34. The van der Waals surface area contributed by atoms with Gasteiger partial charge < -0.3 is 9.52 Å². The van der Waals surface area contributed by atoms with Gasteiger partial charge in [-0.3, -0.25) is 4.79 Å². The van der Waals surface area contributed by atoms with Crippen molar-refractivity contribution in [2.75, 3.05) is 0 Å². The lowest BCUT2D eigenvalue weighted by Gasteiger charge is -2.23. The van der Waals surface area contributed by atoms with Crippen LogP contribution in [0, 0.1) is 5.41 Å². The van der Waals surface area contributed by atoms with Crippen molar-refractivity contribution in [3.63, 3.8) is 0 Å². The minimum absolute atomic E-state index is 0.291. The molecule has 1 heterocycles. The highest BCUT2D eigenvalue weighted by Crippen LogP contribution is 2.22. The van der Waals surface area contributed by atoms with Gasteiger partial charge in [-0.15, -0.1) is 0 Å². The van der Waals surface area contributed by atoms with Crippen LogP contribution in [-0.4, -0.2) is 17.0 Å². The highest BCUT2D eigenvalue weighted by atomic mass is 16.3. The summed E-state index contributed by atoms with van der Waals surface area (Å²) in [6.07, 6.45) is 1.78. The van der Waals surface area contributed by atoms with Crippen LogP contribution in [0.4, 0.5) is 0 Å². The molecule has 0 fully saturated rings. The summed E-state index contributed by atoms with van der Waals surface area (Å²) in [5.74, 6) is -0.291. The van der Waals surface area contributed by atoms with Crippen LogP contribution in [-0.2, 0) is 0 Å². The Balaban J connectivity index is 2.81. The molecule has 0 aliphatic rings. The van der Waals surface area contributed by atoms with Crippen LogP contribution in [0.25, 0.3) is 0 Å². The van der Waals surface area contributed by atoms with Gasteiger partial charge in [-0.05, 0) is 11.5 Å². The summed E-state index contributed by atoms with van der Waals surface area (Å²) in [5.41, 5.74) is -0.0172. The molecule has 0 saturated heterocycles. The van der Waals surface area contributed by atoms with Gasteiger partial charge in [-0.25, -0.2) is 0 Å². The van der Waals surface area contributed by atoms with Crippen LogP contribution in [0.1, 0.15) is 31.1 Å². The van der Waals surface area contributed by atoms with E-state index < -0.39 is 11.5 Å². The number of hydrogen-bond donors (Lipinski definition) is 1. The third-order valence-electron chi connectivity index (χ3n) is 1.87. The Morgan fingerprint density at radius 1 is 1.54 bits per heavy atom. The summed E-state index contributed by atoms with van der Waals surface area (Å²) in [7, 11) is 0. The highest BCUT2D eigenvalue weighted by Gasteiger charge is 2.30. The minimum Gasteiger partial charge on any atom is -0.472 e. The number of aliphatic hydroxyl groups is 1. The number of ketones is 1. The molecule has 0 aliphatic heterocycles. The molecule has 1 unspecified atom stereocenters. The molecule has 3 heteroatoms. The van der Waals surface area contributed by atoms with Gasteiger partial charge in [0.2, 0.25) is 0 Å². The molecule has 0 spiro atoms. The molecular formula is C10H14O3. The van der Waals surface area contributed by atoms with Gasteiger partial charge >= 0.3 is 0 Å². The molecule has 0 amide bonds. The standard InChI is InChI=1S/C10H14O3/c1-10(2,3)9(12)8(11)7-4-5-13-6-7/h4-6,9,12H,1-3H3. The van der Waals surface area contributed by atoms with Gasteiger partial charge in [0.15, 0.2) is 5.78 Å². The zero-order chi connectivity index (χ0) is 10.1. The van der Waals surface area contributed by atoms with E-state index in [0.717, 1.165) is 0 Å². The monoisotopic (exact) mass is 182 g/mol. The Hall–Kier alpha value is -1.09. The number of carbonyl (C=O) groups excluding carboxylic acids is 1. The molecular weight excluding hydrogens is 168 g/mol. The molecule has 0 bridgehead atoms. The number of rotatable bonds is 2. The SMILES string of the molecule is CC(C)(C)C(O)C(=O)c1ccoc1. The van der Waals surface area contributed by atoms with Crippen LogP contribution < -0.4 is 0 Å². The van der Waals surface area contributed by atoms with E-state index in [4.69, 9.17) is 4.42 Å². The molecule has 1 atom stereocenters. The quantitative estimate of drug-likeness (QED) is 0.710. The fourth-order valence-electron chi connectivity index (χ4n) is 0.956. The predicted octanol–water partition coefficient (Wildman–Crippen LogP) is 1.87. The number of Topliss-reactive ketones (excluding diaryl/α,β-unsaturated/α-hetero) is 1. The largest absolute Gasteiger partial charge is 0.472 e. The summed E-state index contributed by atoms with van der Waals surface area (Å²) in [5, 5.41) is 9.63. The maximum absolute atomic E-state index is 11.5. The predicted molar refractivity (Wildman–Crippen MR) is 48.5 cm³/mol. The Labute approximate surface area is 77.4 Å². The van der Waals surface area contributed by atoms with E-state index in [9.17, 15) is 9.90 Å². The first-order chi connectivity index (χ1) is 5.93. The fourth-order valence-corrected chi connectivity index (χ4v) is 0.956. The third kappa shape index (κ3) is 2.18. The van der Waals surface area contributed by atoms with E-state index in [1.165, 1.54) is 12.5 Å². The summed E-state index contributed by atoms with van der Waals surface area (Å²) in [6.45, 7) is 5.45. The molecule has 1 rings (SSSR count). The Bertz CT molecular complexity index is 280. The second-order valence-electron chi connectivity index (χ2n) is 4.14. The summed E-state index contributed by atoms with van der Waals surface area (Å²) >= 11 is 0. The topological polar surface area (TPSA) is 50.4 Å². The fraction of sp³-hybridized carbons (Fsp3) is 0.500. The molecule has 0 aromatic carbocycles. The number of aliphatic hydroxyl groups excluding tert-OH is 1. The molecule has 13 heavy (non-hydrogen) atoms. The van der Waals surface area contributed by atoms with E-state index in [-0.39, 0.29) is 5.78 Å². The molecule has 1 aromatic rings. The third-order valence-corrected chi connectivity index (χ3v) is 1.87.